The second kappa shape index (κ2) is 5.88. The molecule has 1 amide bonds. The van der Waals surface area contributed by atoms with Crippen LogP contribution in [0.2, 0.25) is 0 Å². The van der Waals surface area contributed by atoms with Crippen molar-refractivity contribution >= 4 is 17.9 Å². The van der Waals surface area contributed by atoms with E-state index in [1.165, 1.54) is 0 Å². The van der Waals surface area contributed by atoms with Crippen molar-refractivity contribution in [2.24, 2.45) is 16.5 Å². The third-order valence-corrected chi connectivity index (χ3v) is 2.72. The van der Waals surface area contributed by atoms with Crippen LogP contribution in [0, 0.1) is 0 Å². The number of guanidine groups is 1. The first kappa shape index (κ1) is 13.6. The summed E-state index contributed by atoms with van der Waals surface area (Å²) in [6, 6.07) is 9.62. The van der Waals surface area contributed by atoms with Gasteiger partial charge in [-0.2, -0.15) is 4.99 Å². The zero-order chi connectivity index (χ0) is 14.5. The highest BCUT2D eigenvalue weighted by atomic mass is 16.3. The predicted octanol–water partition coefficient (Wildman–Crippen LogP) is 2.15. The minimum atomic E-state index is -0.441. The average Bonchev–Trinajstić information content (AvgIpc) is 2.92. The molecule has 102 valence electrons. The summed E-state index contributed by atoms with van der Waals surface area (Å²) in [6.45, 7) is 1.67. The molecule has 1 aromatic carbocycles. The highest BCUT2D eigenvalue weighted by molar-refractivity contribution is 6.03. The highest BCUT2D eigenvalue weighted by Gasteiger charge is 2.03. The van der Waals surface area contributed by atoms with E-state index in [0.717, 1.165) is 16.7 Å². The van der Waals surface area contributed by atoms with E-state index in [1.54, 1.807) is 25.5 Å². The van der Waals surface area contributed by atoms with Gasteiger partial charge in [-0.25, -0.2) is 0 Å². The van der Waals surface area contributed by atoms with Crippen molar-refractivity contribution in [3.8, 4) is 11.1 Å². The number of nitrogens with zero attached hydrogens (tertiary/aromatic N) is 1. The lowest BCUT2D eigenvalue weighted by Gasteiger charge is -2.00. The van der Waals surface area contributed by atoms with Gasteiger partial charge in [-0.1, -0.05) is 24.3 Å². The van der Waals surface area contributed by atoms with Crippen molar-refractivity contribution < 1.29 is 9.21 Å². The summed E-state index contributed by atoms with van der Waals surface area (Å²) in [5.41, 5.74) is 13.8. The Labute approximate surface area is 116 Å². The molecule has 0 saturated heterocycles. The van der Waals surface area contributed by atoms with Gasteiger partial charge in [-0.05, 0) is 30.2 Å². The van der Waals surface area contributed by atoms with Crippen LogP contribution >= 0.6 is 0 Å². The Kier molecular flexibility index (Phi) is 4.00. The van der Waals surface area contributed by atoms with Crippen LogP contribution in [0.25, 0.3) is 17.2 Å². The van der Waals surface area contributed by atoms with Crippen LogP contribution in [0.5, 0.6) is 0 Å². The van der Waals surface area contributed by atoms with Gasteiger partial charge in [0.15, 0.2) is 5.96 Å². The van der Waals surface area contributed by atoms with E-state index in [2.05, 4.69) is 4.99 Å². The Morgan fingerprint density at radius 1 is 1.15 bits per heavy atom. The van der Waals surface area contributed by atoms with E-state index >= 15 is 0 Å². The van der Waals surface area contributed by atoms with Crippen molar-refractivity contribution in [2.75, 3.05) is 0 Å². The molecular formula is C15H15N3O2. The summed E-state index contributed by atoms with van der Waals surface area (Å²) in [7, 11) is 0. The Bertz CT molecular complexity index is 649. The normalized spacial score (nSPS) is 11.2. The number of hydrogen-bond donors (Lipinski definition) is 2. The standard InChI is InChI=1S/C15H15N3O2/c1-10(14(19)18-15(16)17)8-11-2-4-12(5-3-11)13-6-7-20-9-13/h2-9H,1H3,(H4,16,17,18,19). The van der Waals surface area contributed by atoms with E-state index in [-0.39, 0.29) is 5.96 Å². The zero-order valence-electron chi connectivity index (χ0n) is 11.0. The lowest BCUT2D eigenvalue weighted by atomic mass is 10.1. The number of hydrogen-bond acceptors (Lipinski definition) is 2. The van der Waals surface area contributed by atoms with Crippen molar-refractivity contribution in [1.82, 2.24) is 0 Å². The number of carbonyl (C=O) groups is 1. The molecule has 0 bridgehead atoms. The number of amides is 1. The molecule has 2 aromatic rings. The van der Waals surface area contributed by atoms with Gasteiger partial charge >= 0.3 is 0 Å². The summed E-state index contributed by atoms with van der Waals surface area (Å²) in [4.78, 5) is 15.1. The van der Waals surface area contributed by atoms with Crippen LogP contribution in [0.4, 0.5) is 0 Å². The van der Waals surface area contributed by atoms with Crippen molar-refractivity contribution in [1.29, 1.82) is 0 Å². The Balaban J connectivity index is 2.18. The quantitative estimate of drug-likeness (QED) is 0.507. The van der Waals surface area contributed by atoms with Crippen LogP contribution in [0.3, 0.4) is 0 Å². The minimum absolute atomic E-state index is 0.238. The topological polar surface area (TPSA) is 94.6 Å². The van der Waals surface area contributed by atoms with Gasteiger partial charge in [0.25, 0.3) is 5.91 Å². The number of furan rings is 1. The molecule has 20 heavy (non-hydrogen) atoms. The minimum Gasteiger partial charge on any atom is -0.472 e. The first-order valence-corrected chi connectivity index (χ1v) is 6.01. The van der Waals surface area contributed by atoms with Gasteiger partial charge in [0.1, 0.15) is 0 Å². The van der Waals surface area contributed by atoms with Crippen molar-refractivity contribution in [2.45, 2.75) is 6.92 Å². The molecule has 1 aromatic heterocycles. The zero-order valence-corrected chi connectivity index (χ0v) is 11.0. The Morgan fingerprint density at radius 3 is 2.40 bits per heavy atom. The molecule has 0 fully saturated rings. The monoisotopic (exact) mass is 269 g/mol. The van der Waals surface area contributed by atoms with Gasteiger partial charge in [0.05, 0.1) is 12.5 Å². The van der Waals surface area contributed by atoms with Crippen LogP contribution < -0.4 is 11.5 Å². The van der Waals surface area contributed by atoms with Gasteiger partial charge in [0, 0.05) is 11.1 Å². The fraction of sp³-hybridized carbons (Fsp3) is 0.0667. The van der Waals surface area contributed by atoms with E-state index in [0.29, 0.717) is 5.57 Å². The first-order valence-electron chi connectivity index (χ1n) is 6.01. The summed E-state index contributed by atoms with van der Waals surface area (Å²) in [5.74, 6) is -0.679. The molecule has 0 unspecified atom stereocenters. The fourth-order valence-corrected chi connectivity index (χ4v) is 1.72. The molecule has 1 heterocycles. The molecule has 0 spiro atoms. The lowest BCUT2D eigenvalue weighted by molar-refractivity contribution is -0.114. The molecule has 0 saturated carbocycles. The van der Waals surface area contributed by atoms with Gasteiger partial charge < -0.3 is 15.9 Å². The van der Waals surface area contributed by atoms with E-state index in [1.807, 2.05) is 30.3 Å². The molecule has 5 heteroatoms. The third-order valence-electron chi connectivity index (χ3n) is 2.72. The molecule has 0 aliphatic heterocycles. The summed E-state index contributed by atoms with van der Waals surface area (Å²) >= 11 is 0. The fourth-order valence-electron chi connectivity index (χ4n) is 1.72. The number of aliphatic imine (C=N–C) groups is 1. The van der Waals surface area contributed by atoms with Gasteiger partial charge in [-0.15, -0.1) is 0 Å². The first-order chi connectivity index (χ1) is 9.56. The third kappa shape index (κ3) is 3.35. The molecule has 4 N–H and O–H groups in total. The lowest BCUT2D eigenvalue weighted by Crippen LogP contribution is -2.24. The molecule has 0 aliphatic rings. The number of carbonyl (C=O) groups excluding carboxylic acids is 1. The number of rotatable bonds is 3. The summed E-state index contributed by atoms with van der Waals surface area (Å²) in [5, 5.41) is 0. The maximum absolute atomic E-state index is 11.6. The van der Waals surface area contributed by atoms with E-state index < -0.39 is 5.91 Å². The largest absolute Gasteiger partial charge is 0.472 e. The molecule has 5 nitrogen and oxygen atoms in total. The summed E-state index contributed by atoms with van der Waals surface area (Å²) < 4.78 is 5.04. The van der Waals surface area contributed by atoms with Gasteiger partial charge in [-0.3, -0.25) is 4.79 Å². The van der Waals surface area contributed by atoms with Crippen molar-refractivity contribution in [3.63, 3.8) is 0 Å². The maximum Gasteiger partial charge on any atom is 0.275 e. The smallest absolute Gasteiger partial charge is 0.275 e. The second-order valence-corrected chi connectivity index (χ2v) is 4.30. The highest BCUT2D eigenvalue weighted by Crippen LogP contribution is 2.20. The summed E-state index contributed by atoms with van der Waals surface area (Å²) in [6.07, 6.45) is 5.04. The number of nitrogens with two attached hydrogens (primary N) is 2. The second-order valence-electron chi connectivity index (χ2n) is 4.30. The molecular weight excluding hydrogens is 254 g/mol. The predicted molar refractivity (Wildman–Crippen MR) is 78.6 cm³/mol. The van der Waals surface area contributed by atoms with E-state index in [4.69, 9.17) is 15.9 Å². The van der Waals surface area contributed by atoms with Crippen LogP contribution in [0.1, 0.15) is 12.5 Å². The molecule has 2 rings (SSSR count). The SMILES string of the molecule is CC(=Cc1ccc(-c2ccoc2)cc1)C(=O)N=C(N)N. The van der Waals surface area contributed by atoms with Gasteiger partial charge in [0.2, 0.25) is 0 Å². The molecule has 0 atom stereocenters. The van der Waals surface area contributed by atoms with Crippen molar-refractivity contribution in [3.05, 3.63) is 54.0 Å². The Morgan fingerprint density at radius 2 is 1.85 bits per heavy atom. The van der Waals surface area contributed by atoms with Crippen LogP contribution in [-0.2, 0) is 4.79 Å². The maximum atomic E-state index is 11.6. The van der Waals surface area contributed by atoms with Crippen LogP contribution in [-0.4, -0.2) is 11.9 Å². The van der Waals surface area contributed by atoms with E-state index in [9.17, 15) is 4.79 Å². The molecule has 0 radical (unpaired) electrons. The van der Waals surface area contributed by atoms with Crippen LogP contribution in [0.15, 0.2) is 57.8 Å². The molecule has 0 aliphatic carbocycles. The average molecular weight is 269 g/mol. The Hall–Kier alpha value is -2.82. The number of benzene rings is 1.